The number of nitrogens with zero attached hydrogens (tertiary/aromatic N) is 1. The van der Waals surface area contributed by atoms with E-state index in [1.165, 1.54) is 0 Å². The third-order valence-corrected chi connectivity index (χ3v) is 3.28. The summed E-state index contributed by atoms with van der Waals surface area (Å²) < 4.78 is 1.97. The Kier molecular flexibility index (Phi) is 3.91. The fraction of sp³-hybridized carbons (Fsp3) is 0.615. The van der Waals surface area contributed by atoms with Gasteiger partial charge in [-0.3, -0.25) is 4.79 Å². The van der Waals surface area contributed by atoms with Gasteiger partial charge < -0.3 is 20.7 Å². The van der Waals surface area contributed by atoms with Crippen molar-refractivity contribution in [1.82, 2.24) is 9.88 Å². The summed E-state index contributed by atoms with van der Waals surface area (Å²) in [6.45, 7) is 2.74. The number of nitrogens with one attached hydrogen (secondary N) is 1. The van der Waals surface area contributed by atoms with Crippen LogP contribution in [0.5, 0.6) is 0 Å². The molecule has 1 atom stereocenters. The van der Waals surface area contributed by atoms with Crippen LogP contribution >= 0.6 is 0 Å². The molecule has 5 heteroatoms. The largest absolute Gasteiger partial charge is 0.397 e. The zero-order valence-electron chi connectivity index (χ0n) is 10.7. The molecule has 1 unspecified atom stereocenters. The summed E-state index contributed by atoms with van der Waals surface area (Å²) >= 11 is 0. The van der Waals surface area contributed by atoms with Crippen molar-refractivity contribution in [2.24, 2.45) is 5.92 Å². The Hall–Kier alpha value is -1.49. The zero-order valence-corrected chi connectivity index (χ0v) is 10.7. The van der Waals surface area contributed by atoms with Crippen molar-refractivity contribution in [3.05, 3.63) is 18.0 Å². The number of nitrogen functional groups attached to an aromatic ring is 1. The van der Waals surface area contributed by atoms with Crippen LogP contribution in [-0.2, 0) is 0 Å². The Labute approximate surface area is 107 Å². The van der Waals surface area contributed by atoms with Crippen molar-refractivity contribution < 1.29 is 9.90 Å². The summed E-state index contributed by atoms with van der Waals surface area (Å²) in [5, 5.41) is 11.7. The number of hydrogen-bond donors (Lipinski definition) is 3. The Morgan fingerprint density at radius 1 is 1.67 bits per heavy atom. The van der Waals surface area contributed by atoms with Gasteiger partial charge >= 0.3 is 0 Å². The molecule has 4 N–H and O–H groups in total. The summed E-state index contributed by atoms with van der Waals surface area (Å²) in [5.74, 6) is 0.198. The zero-order chi connectivity index (χ0) is 13.1. The van der Waals surface area contributed by atoms with Gasteiger partial charge in [-0.15, -0.1) is 0 Å². The highest BCUT2D eigenvalue weighted by molar-refractivity contribution is 5.93. The van der Waals surface area contributed by atoms with E-state index in [0.717, 1.165) is 12.8 Å². The molecule has 100 valence electrons. The molecule has 1 aromatic heterocycles. The molecule has 0 spiro atoms. The van der Waals surface area contributed by atoms with Crippen LogP contribution in [0.3, 0.4) is 0 Å². The van der Waals surface area contributed by atoms with Gasteiger partial charge in [-0.1, -0.05) is 6.92 Å². The molecule has 0 bridgehead atoms. The van der Waals surface area contributed by atoms with Gasteiger partial charge in [0.2, 0.25) is 0 Å². The predicted molar refractivity (Wildman–Crippen MR) is 70.3 cm³/mol. The average Bonchev–Trinajstić information content (AvgIpc) is 3.10. The number of aromatic nitrogens is 1. The molecule has 1 amide bonds. The van der Waals surface area contributed by atoms with Crippen molar-refractivity contribution in [1.29, 1.82) is 0 Å². The number of amides is 1. The first kappa shape index (κ1) is 13.0. The highest BCUT2D eigenvalue weighted by Gasteiger charge is 2.27. The number of hydrogen-bond acceptors (Lipinski definition) is 3. The number of nitrogens with two attached hydrogens (primary N) is 1. The summed E-state index contributed by atoms with van der Waals surface area (Å²) in [6, 6.07) is 2.17. The minimum Gasteiger partial charge on any atom is -0.397 e. The first-order chi connectivity index (χ1) is 8.61. The first-order valence-electron chi connectivity index (χ1n) is 6.48. The molecule has 2 rings (SSSR count). The monoisotopic (exact) mass is 251 g/mol. The Morgan fingerprint density at radius 3 is 3.00 bits per heavy atom. The van der Waals surface area contributed by atoms with Gasteiger partial charge in [-0.05, 0) is 31.2 Å². The standard InChI is InChI=1S/C13H21N3O2/c1-9(4-5-17)7-15-13(18)12-6-10(14)8-16(12)11-2-3-11/h6,8-9,11,17H,2-5,7,14H2,1H3,(H,15,18). The lowest BCUT2D eigenvalue weighted by Gasteiger charge is -2.12. The number of rotatable bonds is 6. The van der Waals surface area contributed by atoms with Crippen LogP contribution in [0.25, 0.3) is 0 Å². The second-order valence-corrected chi connectivity index (χ2v) is 5.12. The van der Waals surface area contributed by atoms with Crippen LogP contribution in [-0.4, -0.2) is 28.7 Å². The third-order valence-electron chi connectivity index (χ3n) is 3.28. The summed E-state index contributed by atoms with van der Waals surface area (Å²) in [6.07, 6.45) is 4.78. The van der Waals surface area contributed by atoms with E-state index in [2.05, 4.69) is 5.32 Å². The van der Waals surface area contributed by atoms with Gasteiger partial charge in [-0.25, -0.2) is 0 Å². The molecule has 1 saturated carbocycles. The molecule has 1 aromatic rings. The van der Waals surface area contributed by atoms with E-state index in [4.69, 9.17) is 10.8 Å². The van der Waals surface area contributed by atoms with Crippen molar-refractivity contribution in [3.63, 3.8) is 0 Å². The van der Waals surface area contributed by atoms with Crippen LogP contribution < -0.4 is 11.1 Å². The smallest absolute Gasteiger partial charge is 0.268 e. The second-order valence-electron chi connectivity index (χ2n) is 5.12. The summed E-state index contributed by atoms with van der Waals surface area (Å²) in [4.78, 5) is 12.1. The SMILES string of the molecule is CC(CCO)CNC(=O)c1cc(N)cn1C1CC1. The molecule has 1 aliphatic carbocycles. The average molecular weight is 251 g/mol. The third kappa shape index (κ3) is 3.04. The number of anilines is 1. The van der Waals surface area contributed by atoms with E-state index >= 15 is 0 Å². The molecular formula is C13H21N3O2. The minimum atomic E-state index is -0.0802. The normalized spacial score (nSPS) is 16.6. The topological polar surface area (TPSA) is 80.3 Å². The fourth-order valence-electron chi connectivity index (χ4n) is 2.02. The lowest BCUT2D eigenvalue weighted by Crippen LogP contribution is -2.30. The lowest BCUT2D eigenvalue weighted by atomic mass is 10.1. The molecule has 0 saturated heterocycles. The minimum absolute atomic E-state index is 0.0802. The van der Waals surface area contributed by atoms with Crippen molar-refractivity contribution in [2.75, 3.05) is 18.9 Å². The van der Waals surface area contributed by atoms with Crippen molar-refractivity contribution >= 4 is 11.6 Å². The molecule has 0 radical (unpaired) electrons. The van der Waals surface area contributed by atoms with E-state index in [-0.39, 0.29) is 18.4 Å². The molecule has 1 heterocycles. The van der Waals surface area contributed by atoms with Gasteiger partial charge in [0.1, 0.15) is 5.69 Å². The Balaban J connectivity index is 1.96. The number of carbonyl (C=O) groups excluding carboxylic acids is 1. The van der Waals surface area contributed by atoms with Gasteiger partial charge in [0.15, 0.2) is 0 Å². The van der Waals surface area contributed by atoms with Crippen LogP contribution in [0.4, 0.5) is 5.69 Å². The maximum Gasteiger partial charge on any atom is 0.268 e. The number of aliphatic hydroxyl groups excluding tert-OH is 1. The molecule has 0 aliphatic heterocycles. The quantitative estimate of drug-likeness (QED) is 0.709. The summed E-state index contributed by atoms with van der Waals surface area (Å²) in [7, 11) is 0. The van der Waals surface area contributed by atoms with Gasteiger partial charge in [0, 0.05) is 25.4 Å². The van der Waals surface area contributed by atoms with Crippen LogP contribution in [0.2, 0.25) is 0 Å². The van der Waals surface area contributed by atoms with Gasteiger partial charge in [0.05, 0.1) is 5.69 Å². The van der Waals surface area contributed by atoms with Crippen LogP contribution in [0, 0.1) is 5.92 Å². The van der Waals surface area contributed by atoms with E-state index in [1.54, 1.807) is 6.07 Å². The first-order valence-corrected chi connectivity index (χ1v) is 6.48. The van der Waals surface area contributed by atoms with Crippen molar-refractivity contribution in [3.8, 4) is 0 Å². The molecule has 0 aromatic carbocycles. The van der Waals surface area contributed by atoms with E-state index in [9.17, 15) is 4.79 Å². The Bertz CT molecular complexity index is 424. The van der Waals surface area contributed by atoms with Crippen LogP contribution in [0.15, 0.2) is 12.3 Å². The van der Waals surface area contributed by atoms with Crippen molar-refractivity contribution in [2.45, 2.75) is 32.2 Å². The highest BCUT2D eigenvalue weighted by Crippen LogP contribution is 2.37. The molecule has 1 fully saturated rings. The van der Waals surface area contributed by atoms with E-state index in [0.29, 0.717) is 30.4 Å². The number of carbonyl (C=O) groups is 1. The van der Waals surface area contributed by atoms with Crippen LogP contribution in [0.1, 0.15) is 42.7 Å². The molecule has 5 nitrogen and oxygen atoms in total. The fourth-order valence-corrected chi connectivity index (χ4v) is 2.02. The van der Waals surface area contributed by atoms with Gasteiger partial charge in [-0.2, -0.15) is 0 Å². The van der Waals surface area contributed by atoms with E-state index < -0.39 is 0 Å². The second kappa shape index (κ2) is 5.44. The van der Waals surface area contributed by atoms with Gasteiger partial charge in [0.25, 0.3) is 5.91 Å². The summed E-state index contributed by atoms with van der Waals surface area (Å²) in [5.41, 5.74) is 7.03. The maximum atomic E-state index is 12.1. The molecule has 1 aliphatic rings. The molecule has 18 heavy (non-hydrogen) atoms. The highest BCUT2D eigenvalue weighted by atomic mass is 16.3. The lowest BCUT2D eigenvalue weighted by molar-refractivity contribution is 0.0936. The maximum absolute atomic E-state index is 12.1. The molecular weight excluding hydrogens is 230 g/mol. The van der Waals surface area contributed by atoms with E-state index in [1.807, 2.05) is 17.7 Å². The Morgan fingerprint density at radius 2 is 2.39 bits per heavy atom. The predicted octanol–water partition coefficient (Wildman–Crippen LogP) is 1.15. The number of aliphatic hydroxyl groups is 1.